The van der Waals surface area contributed by atoms with Gasteiger partial charge in [0.15, 0.2) is 0 Å². The third-order valence-corrected chi connectivity index (χ3v) is 1.41. The number of allylic oxidation sites excluding steroid dienone is 2. The maximum absolute atomic E-state index is 3.19. The van der Waals surface area contributed by atoms with E-state index in [4.69, 9.17) is 0 Å². The van der Waals surface area contributed by atoms with Crippen LogP contribution in [0.4, 0.5) is 0 Å². The van der Waals surface area contributed by atoms with Crippen LogP contribution in [0.25, 0.3) is 0 Å². The van der Waals surface area contributed by atoms with E-state index in [-0.39, 0.29) is 0 Å². The molecular formula is C7H11. The molecule has 39 valence electrons. The number of hydrogen-bond donors (Lipinski definition) is 0. The van der Waals surface area contributed by atoms with Gasteiger partial charge in [-0.15, -0.1) is 0 Å². The monoisotopic (exact) mass is 95.1 g/mol. The number of rotatable bonds is 0. The van der Waals surface area contributed by atoms with Crippen molar-refractivity contribution in [3.63, 3.8) is 0 Å². The number of hydrogen-bond acceptors (Lipinski definition) is 0. The Bertz CT molecular complexity index is 88.2. The molecule has 0 atom stereocenters. The standard InChI is InChI=1S/C7H11/c1-7(2)5-3-4-6-7/h6H,3,5H2,1-2H3. The second kappa shape index (κ2) is 1.36. The van der Waals surface area contributed by atoms with Gasteiger partial charge in [0, 0.05) is 0 Å². The van der Waals surface area contributed by atoms with Gasteiger partial charge in [0.1, 0.15) is 0 Å². The average Bonchev–Trinajstić information content (AvgIpc) is 1.84. The molecule has 0 unspecified atom stereocenters. The highest BCUT2D eigenvalue weighted by Crippen LogP contribution is 2.28. The quantitative estimate of drug-likeness (QED) is 0.432. The third-order valence-electron chi connectivity index (χ3n) is 1.41. The highest BCUT2D eigenvalue weighted by molar-refractivity contribution is 4.96. The van der Waals surface area contributed by atoms with E-state index in [9.17, 15) is 0 Å². The topological polar surface area (TPSA) is 0 Å². The van der Waals surface area contributed by atoms with Crippen LogP contribution >= 0.6 is 0 Å². The maximum atomic E-state index is 3.19. The van der Waals surface area contributed by atoms with E-state index in [0.29, 0.717) is 5.41 Å². The lowest BCUT2D eigenvalue weighted by molar-refractivity contribution is 0.470. The van der Waals surface area contributed by atoms with Crippen molar-refractivity contribution in [2.75, 3.05) is 0 Å². The molecule has 0 aromatic rings. The molecular weight excluding hydrogens is 84.1 g/mol. The molecule has 1 aliphatic carbocycles. The van der Waals surface area contributed by atoms with E-state index in [2.05, 4.69) is 26.0 Å². The summed E-state index contributed by atoms with van der Waals surface area (Å²) in [4.78, 5) is 0. The second-order valence-corrected chi connectivity index (χ2v) is 2.84. The van der Waals surface area contributed by atoms with Crippen LogP contribution in [0, 0.1) is 11.5 Å². The first-order valence-corrected chi connectivity index (χ1v) is 2.78. The molecule has 0 heteroatoms. The summed E-state index contributed by atoms with van der Waals surface area (Å²) >= 11 is 0. The van der Waals surface area contributed by atoms with Gasteiger partial charge < -0.3 is 0 Å². The van der Waals surface area contributed by atoms with Gasteiger partial charge in [0.05, 0.1) is 0 Å². The molecule has 0 nitrogen and oxygen atoms in total. The van der Waals surface area contributed by atoms with E-state index in [1.165, 1.54) is 6.42 Å². The van der Waals surface area contributed by atoms with Gasteiger partial charge in [-0.2, -0.15) is 0 Å². The normalized spacial score (nSPS) is 26.0. The Hall–Kier alpha value is -0.260. The summed E-state index contributed by atoms with van der Waals surface area (Å²) in [6.45, 7) is 4.49. The van der Waals surface area contributed by atoms with Crippen LogP contribution in [-0.2, 0) is 0 Å². The molecule has 7 heavy (non-hydrogen) atoms. The van der Waals surface area contributed by atoms with E-state index in [0.717, 1.165) is 6.42 Å². The molecule has 0 spiro atoms. The Balaban J connectivity index is 2.57. The summed E-state index contributed by atoms with van der Waals surface area (Å²) in [6, 6.07) is 0. The van der Waals surface area contributed by atoms with Gasteiger partial charge in [-0.3, -0.25) is 0 Å². The van der Waals surface area contributed by atoms with Gasteiger partial charge in [-0.05, 0) is 24.3 Å². The summed E-state index contributed by atoms with van der Waals surface area (Å²) in [5.41, 5.74) is 0.458. The van der Waals surface area contributed by atoms with E-state index in [1.54, 1.807) is 0 Å². The van der Waals surface area contributed by atoms with Crippen LogP contribution in [0.2, 0.25) is 0 Å². The van der Waals surface area contributed by atoms with Crippen molar-refractivity contribution >= 4 is 0 Å². The molecule has 1 radical (unpaired) electrons. The maximum Gasteiger partial charge on any atom is -0.0166 e. The van der Waals surface area contributed by atoms with E-state index in [1.807, 2.05) is 0 Å². The van der Waals surface area contributed by atoms with Crippen LogP contribution in [0.5, 0.6) is 0 Å². The van der Waals surface area contributed by atoms with Crippen molar-refractivity contribution < 1.29 is 0 Å². The molecule has 0 aromatic heterocycles. The molecule has 0 fully saturated rings. The van der Waals surface area contributed by atoms with Crippen LogP contribution < -0.4 is 0 Å². The largest absolute Gasteiger partial charge is 0.0754 e. The molecule has 0 N–H and O–H groups in total. The summed E-state index contributed by atoms with van der Waals surface area (Å²) in [5.74, 6) is 0. The van der Waals surface area contributed by atoms with Crippen LogP contribution in [0.3, 0.4) is 0 Å². The second-order valence-electron chi connectivity index (χ2n) is 2.84. The van der Waals surface area contributed by atoms with Gasteiger partial charge in [0.25, 0.3) is 0 Å². The van der Waals surface area contributed by atoms with Gasteiger partial charge in [-0.1, -0.05) is 19.9 Å². The van der Waals surface area contributed by atoms with E-state index < -0.39 is 0 Å². The summed E-state index contributed by atoms with van der Waals surface area (Å²) < 4.78 is 0. The Kier molecular flexibility index (Phi) is 0.949. The lowest BCUT2D eigenvalue weighted by atomic mass is 9.94. The predicted molar refractivity (Wildman–Crippen MR) is 30.8 cm³/mol. The molecule has 1 aliphatic rings. The first kappa shape index (κ1) is 4.89. The summed E-state index contributed by atoms with van der Waals surface area (Å²) in [5, 5.41) is 0. The molecule has 0 aliphatic heterocycles. The fraction of sp³-hybridized carbons (Fsp3) is 0.714. The fourth-order valence-electron chi connectivity index (χ4n) is 0.815. The van der Waals surface area contributed by atoms with Crippen molar-refractivity contribution in [1.29, 1.82) is 0 Å². The minimum absolute atomic E-state index is 0.458. The SMILES string of the molecule is CC1(C)C=[C]CC1. The zero-order chi connectivity index (χ0) is 5.33. The molecule has 0 amide bonds. The molecule has 0 saturated heterocycles. The fourth-order valence-corrected chi connectivity index (χ4v) is 0.815. The van der Waals surface area contributed by atoms with Crippen LogP contribution in [0.15, 0.2) is 6.08 Å². The van der Waals surface area contributed by atoms with Crippen LogP contribution in [0.1, 0.15) is 26.7 Å². The first-order valence-electron chi connectivity index (χ1n) is 2.78. The Morgan fingerprint density at radius 2 is 2.29 bits per heavy atom. The van der Waals surface area contributed by atoms with Crippen molar-refractivity contribution in [1.82, 2.24) is 0 Å². The molecule has 0 saturated carbocycles. The summed E-state index contributed by atoms with van der Waals surface area (Å²) in [7, 11) is 0. The zero-order valence-electron chi connectivity index (χ0n) is 4.99. The molecule has 1 rings (SSSR count). The minimum Gasteiger partial charge on any atom is -0.0754 e. The van der Waals surface area contributed by atoms with Crippen molar-refractivity contribution in [2.45, 2.75) is 26.7 Å². The van der Waals surface area contributed by atoms with Crippen molar-refractivity contribution in [3.8, 4) is 0 Å². The summed E-state index contributed by atoms with van der Waals surface area (Å²) in [6.07, 6.45) is 7.81. The highest BCUT2D eigenvalue weighted by atomic mass is 14.2. The highest BCUT2D eigenvalue weighted by Gasteiger charge is 2.16. The molecule has 0 heterocycles. The average molecular weight is 95.2 g/mol. The Labute approximate surface area is 45.2 Å². The van der Waals surface area contributed by atoms with Crippen LogP contribution in [-0.4, -0.2) is 0 Å². The van der Waals surface area contributed by atoms with Gasteiger partial charge in [-0.25, -0.2) is 0 Å². The third kappa shape index (κ3) is 1.05. The lowest BCUT2D eigenvalue weighted by Gasteiger charge is -2.11. The first-order chi connectivity index (χ1) is 3.21. The minimum atomic E-state index is 0.458. The Morgan fingerprint density at radius 3 is 2.43 bits per heavy atom. The van der Waals surface area contributed by atoms with Gasteiger partial charge >= 0.3 is 0 Å². The van der Waals surface area contributed by atoms with Gasteiger partial charge in [0.2, 0.25) is 0 Å². The molecule has 0 bridgehead atoms. The lowest BCUT2D eigenvalue weighted by Crippen LogP contribution is -2.00. The zero-order valence-corrected chi connectivity index (χ0v) is 4.99. The van der Waals surface area contributed by atoms with E-state index >= 15 is 0 Å². The smallest absolute Gasteiger partial charge is 0.0166 e. The molecule has 0 aromatic carbocycles. The van der Waals surface area contributed by atoms with Crippen molar-refractivity contribution in [3.05, 3.63) is 12.2 Å². The predicted octanol–water partition coefficient (Wildman–Crippen LogP) is 2.17. The Morgan fingerprint density at radius 1 is 1.57 bits per heavy atom. The van der Waals surface area contributed by atoms with Crippen molar-refractivity contribution in [2.24, 2.45) is 5.41 Å².